The molecule has 0 radical (unpaired) electrons. The van der Waals surface area contributed by atoms with Crippen LogP contribution in [0.2, 0.25) is 0 Å². The predicted molar refractivity (Wildman–Crippen MR) is 84.2 cm³/mol. The molecule has 3 nitrogen and oxygen atoms in total. The van der Waals surface area contributed by atoms with Crippen molar-refractivity contribution in [1.29, 1.82) is 0 Å². The Morgan fingerprint density at radius 2 is 2.05 bits per heavy atom. The molecular weight excluding hydrogens is 335 g/mol. The first-order chi connectivity index (χ1) is 9.99. The highest BCUT2D eigenvalue weighted by atomic mass is 79.9. The van der Waals surface area contributed by atoms with E-state index in [1.54, 1.807) is 13.0 Å². The Hall–Kier alpha value is -1.49. The summed E-state index contributed by atoms with van der Waals surface area (Å²) in [5.41, 5.74) is 3.25. The minimum Gasteiger partial charge on any atom is -0.294 e. The van der Waals surface area contributed by atoms with Gasteiger partial charge in [0.15, 0.2) is 5.78 Å². The first kappa shape index (κ1) is 15.9. The Bertz CT molecular complexity index is 679. The van der Waals surface area contributed by atoms with E-state index in [2.05, 4.69) is 21.0 Å². The van der Waals surface area contributed by atoms with E-state index in [1.807, 2.05) is 24.6 Å². The van der Waals surface area contributed by atoms with Crippen LogP contribution in [0.4, 0.5) is 4.39 Å². The average Bonchev–Trinajstić information content (AvgIpc) is 2.81. The monoisotopic (exact) mass is 352 g/mol. The minimum atomic E-state index is -0.291. The summed E-state index contributed by atoms with van der Waals surface area (Å²) in [6.45, 7) is 6.00. The van der Waals surface area contributed by atoms with E-state index >= 15 is 0 Å². The van der Waals surface area contributed by atoms with E-state index in [9.17, 15) is 9.18 Å². The van der Waals surface area contributed by atoms with Crippen LogP contribution in [0.1, 0.15) is 48.1 Å². The molecule has 0 aliphatic heterocycles. The standard InChI is InChI=1S/C16H18BrFN2O/c1-4-13-15(10(3)21)14(5-2)20(19-13)9-11-7-6-8-12(18)16(11)17/h6-8H,4-5,9H2,1-3H3. The van der Waals surface area contributed by atoms with Crippen molar-refractivity contribution in [3.8, 4) is 0 Å². The van der Waals surface area contributed by atoms with E-state index in [0.717, 1.165) is 23.4 Å². The number of hydrogen-bond acceptors (Lipinski definition) is 2. The maximum atomic E-state index is 13.6. The highest BCUT2D eigenvalue weighted by Crippen LogP contribution is 2.23. The second-order valence-corrected chi connectivity index (χ2v) is 5.70. The average molecular weight is 353 g/mol. The Balaban J connectivity index is 2.49. The fourth-order valence-corrected chi connectivity index (χ4v) is 2.92. The van der Waals surface area contributed by atoms with Crippen LogP contribution in [0.3, 0.4) is 0 Å². The van der Waals surface area contributed by atoms with Gasteiger partial charge >= 0.3 is 0 Å². The van der Waals surface area contributed by atoms with Crippen LogP contribution in [-0.2, 0) is 19.4 Å². The van der Waals surface area contributed by atoms with Gasteiger partial charge in [-0.25, -0.2) is 4.39 Å². The van der Waals surface area contributed by atoms with Crippen molar-refractivity contribution in [2.24, 2.45) is 0 Å². The summed E-state index contributed by atoms with van der Waals surface area (Å²) in [6.07, 6.45) is 1.42. The number of nitrogens with zero attached hydrogens (tertiary/aromatic N) is 2. The molecule has 1 aromatic carbocycles. The maximum absolute atomic E-state index is 13.6. The quantitative estimate of drug-likeness (QED) is 0.757. The molecule has 0 saturated carbocycles. The molecule has 0 saturated heterocycles. The number of aromatic nitrogens is 2. The molecule has 0 atom stereocenters. The molecule has 0 amide bonds. The molecule has 2 aromatic rings. The van der Waals surface area contributed by atoms with Gasteiger partial charge < -0.3 is 0 Å². The largest absolute Gasteiger partial charge is 0.294 e. The maximum Gasteiger partial charge on any atom is 0.163 e. The molecule has 0 aliphatic carbocycles. The number of aryl methyl sites for hydroxylation is 1. The van der Waals surface area contributed by atoms with Crippen molar-refractivity contribution in [3.63, 3.8) is 0 Å². The molecule has 2 rings (SSSR count). The van der Waals surface area contributed by atoms with Gasteiger partial charge in [-0.05, 0) is 47.3 Å². The summed E-state index contributed by atoms with van der Waals surface area (Å²) in [5.74, 6) is -0.256. The lowest BCUT2D eigenvalue weighted by Crippen LogP contribution is -2.08. The number of carbonyl (C=O) groups excluding carboxylic acids is 1. The fraction of sp³-hybridized carbons (Fsp3) is 0.375. The SMILES string of the molecule is CCc1nn(Cc2cccc(F)c2Br)c(CC)c1C(C)=O. The molecule has 0 N–H and O–H groups in total. The van der Waals surface area contributed by atoms with Gasteiger partial charge in [0.2, 0.25) is 0 Å². The van der Waals surface area contributed by atoms with Gasteiger partial charge in [0.25, 0.3) is 0 Å². The summed E-state index contributed by atoms with van der Waals surface area (Å²) < 4.78 is 15.9. The van der Waals surface area contributed by atoms with E-state index in [4.69, 9.17) is 0 Å². The molecule has 1 aromatic heterocycles. The number of carbonyl (C=O) groups is 1. The first-order valence-corrected chi connectivity index (χ1v) is 7.81. The Morgan fingerprint density at radius 1 is 1.33 bits per heavy atom. The Labute approximate surface area is 132 Å². The molecule has 0 bridgehead atoms. The van der Waals surface area contributed by atoms with Gasteiger partial charge in [-0.15, -0.1) is 0 Å². The Kier molecular flexibility index (Phi) is 4.93. The second kappa shape index (κ2) is 6.52. The summed E-state index contributed by atoms with van der Waals surface area (Å²) in [6, 6.07) is 4.94. The lowest BCUT2D eigenvalue weighted by Gasteiger charge is -2.09. The lowest BCUT2D eigenvalue weighted by molar-refractivity contribution is 0.101. The molecule has 0 spiro atoms. The highest BCUT2D eigenvalue weighted by Gasteiger charge is 2.19. The van der Waals surface area contributed by atoms with Gasteiger partial charge in [-0.1, -0.05) is 26.0 Å². The second-order valence-electron chi connectivity index (χ2n) is 4.90. The van der Waals surface area contributed by atoms with E-state index < -0.39 is 0 Å². The molecule has 0 fully saturated rings. The smallest absolute Gasteiger partial charge is 0.163 e. The van der Waals surface area contributed by atoms with Crippen LogP contribution in [0, 0.1) is 5.82 Å². The number of ketones is 1. The topological polar surface area (TPSA) is 34.9 Å². The van der Waals surface area contributed by atoms with Gasteiger partial charge in [-0.2, -0.15) is 5.10 Å². The molecule has 21 heavy (non-hydrogen) atoms. The first-order valence-electron chi connectivity index (χ1n) is 7.01. The number of Topliss-reactive ketones (excluding diaryl/α,β-unsaturated/α-hetero) is 1. The van der Waals surface area contributed by atoms with Gasteiger partial charge in [0, 0.05) is 5.69 Å². The van der Waals surface area contributed by atoms with Crippen molar-refractivity contribution in [1.82, 2.24) is 9.78 Å². The molecule has 0 aliphatic rings. The number of halogens is 2. The van der Waals surface area contributed by atoms with Gasteiger partial charge in [0.1, 0.15) is 5.82 Å². The zero-order valence-electron chi connectivity index (χ0n) is 12.4. The predicted octanol–water partition coefficient (Wildman–Crippen LogP) is 4.16. The van der Waals surface area contributed by atoms with Crippen LogP contribution >= 0.6 is 15.9 Å². The van der Waals surface area contributed by atoms with Crippen LogP contribution < -0.4 is 0 Å². The van der Waals surface area contributed by atoms with Crippen molar-refractivity contribution in [2.45, 2.75) is 40.2 Å². The molecule has 112 valence electrons. The third-order valence-corrected chi connectivity index (χ3v) is 4.39. The van der Waals surface area contributed by atoms with Crippen LogP contribution in [-0.4, -0.2) is 15.6 Å². The van der Waals surface area contributed by atoms with Crippen LogP contribution in [0.15, 0.2) is 22.7 Å². The third kappa shape index (κ3) is 3.07. The Morgan fingerprint density at radius 3 is 2.62 bits per heavy atom. The zero-order chi connectivity index (χ0) is 15.6. The van der Waals surface area contributed by atoms with Gasteiger partial charge in [-0.3, -0.25) is 9.48 Å². The summed E-state index contributed by atoms with van der Waals surface area (Å²) in [5, 5.41) is 4.54. The van der Waals surface area contributed by atoms with Crippen LogP contribution in [0.5, 0.6) is 0 Å². The zero-order valence-corrected chi connectivity index (χ0v) is 14.0. The van der Waals surface area contributed by atoms with Gasteiger partial charge in [0.05, 0.1) is 22.3 Å². The molecular formula is C16H18BrFN2O. The number of benzene rings is 1. The minimum absolute atomic E-state index is 0.0354. The number of hydrogen-bond donors (Lipinski definition) is 0. The van der Waals surface area contributed by atoms with Crippen molar-refractivity contribution in [3.05, 3.63) is 51.0 Å². The van der Waals surface area contributed by atoms with Crippen molar-refractivity contribution < 1.29 is 9.18 Å². The molecule has 5 heteroatoms. The summed E-state index contributed by atoms with van der Waals surface area (Å²) >= 11 is 3.27. The normalized spacial score (nSPS) is 10.9. The van der Waals surface area contributed by atoms with Crippen molar-refractivity contribution in [2.75, 3.05) is 0 Å². The van der Waals surface area contributed by atoms with Crippen LogP contribution in [0.25, 0.3) is 0 Å². The van der Waals surface area contributed by atoms with E-state index in [-0.39, 0.29) is 11.6 Å². The number of rotatable bonds is 5. The lowest BCUT2D eigenvalue weighted by atomic mass is 10.1. The molecule has 0 unspecified atom stereocenters. The third-order valence-electron chi connectivity index (χ3n) is 3.50. The summed E-state index contributed by atoms with van der Waals surface area (Å²) in [4.78, 5) is 11.9. The van der Waals surface area contributed by atoms with Crippen molar-refractivity contribution >= 4 is 21.7 Å². The molecule has 1 heterocycles. The van der Waals surface area contributed by atoms with E-state index in [1.165, 1.54) is 6.07 Å². The van der Waals surface area contributed by atoms with E-state index in [0.29, 0.717) is 23.0 Å². The highest BCUT2D eigenvalue weighted by molar-refractivity contribution is 9.10. The summed E-state index contributed by atoms with van der Waals surface area (Å²) in [7, 11) is 0. The fourth-order valence-electron chi connectivity index (χ4n) is 2.53.